The van der Waals surface area contributed by atoms with Gasteiger partial charge in [-0.15, -0.1) is 0 Å². The summed E-state index contributed by atoms with van der Waals surface area (Å²) in [6, 6.07) is 0. The number of aliphatic carboxylic acids is 1. The van der Waals surface area contributed by atoms with Gasteiger partial charge in [0, 0.05) is 11.9 Å². The third-order valence-corrected chi connectivity index (χ3v) is 3.74. The van der Waals surface area contributed by atoms with Gasteiger partial charge in [-0.3, -0.25) is 4.79 Å². The highest BCUT2D eigenvalue weighted by atomic mass is 16.5. The molecular weight excluding hydrogens is 256 g/mol. The van der Waals surface area contributed by atoms with Crippen molar-refractivity contribution in [3.05, 3.63) is 12.2 Å². The van der Waals surface area contributed by atoms with Gasteiger partial charge in [-0.25, -0.2) is 0 Å². The number of rotatable bonds is 9. The molecule has 0 saturated heterocycles. The summed E-state index contributed by atoms with van der Waals surface area (Å²) >= 11 is 0. The van der Waals surface area contributed by atoms with E-state index in [9.17, 15) is 14.7 Å². The van der Waals surface area contributed by atoms with Gasteiger partial charge in [-0.2, -0.15) is 0 Å². The van der Waals surface area contributed by atoms with E-state index in [2.05, 4.69) is 6.92 Å². The third kappa shape index (κ3) is 5.76. The first-order valence-corrected chi connectivity index (χ1v) is 7.71. The molecule has 20 heavy (non-hydrogen) atoms. The molecule has 0 saturated carbocycles. The van der Waals surface area contributed by atoms with Crippen LogP contribution in [0.2, 0.25) is 0 Å². The van der Waals surface area contributed by atoms with Gasteiger partial charge in [0.25, 0.3) is 0 Å². The van der Waals surface area contributed by atoms with E-state index < -0.39 is 23.8 Å². The summed E-state index contributed by atoms with van der Waals surface area (Å²) in [6.07, 6.45) is 11.4. The van der Waals surface area contributed by atoms with Crippen molar-refractivity contribution < 1.29 is 19.4 Å². The fraction of sp³-hybridized carbons (Fsp3) is 0.750. The summed E-state index contributed by atoms with van der Waals surface area (Å²) in [5.74, 6) is -2.99. The standard InChI is InChI=1S/C16H26O4/c1-2-3-4-5-6-9-12-20-16(19)14-11-8-7-10-13(14)15(17)18/h8,11,13-14H,2-7,9-10,12H2,1H3,(H,17,18)/p-1. The van der Waals surface area contributed by atoms with Crippen LogP contribution >= 0.6 is 0 Å². The Balaban J connectivity index is 2.22. The van der Waals surface area contributed by atoms with Crippen LogP contribution in [0.25, 0.3) is 0 Å². The van der Waals surface area contributed by atoms with Crippen LogP contribution in [-0.2, 0) is 14.3 Å². The van der Waals surface area contributed by atoms with Crippen molar-refractivity contribution in [3.63, 3.8) is 0 Å². The number of hydrogen-bond donors (Lipinski definition) is 0. The maximum absolute atomic E-state index is 11.9. The van der Waals surface area contributed by atoms with Gasteiger partial charge in [0.1, 0.15) is 0 Å². The number of allylic oxidation sites excluding steroid dienone is 1. The number of esters is 1. The number of ether oxygens (including phenoxy) is 1. The lowest BCUT2D eigenvalue weighted by Gasteiger charge is -2.26. The van der Waals surface area contributed by atoms with E-state index in [1.165, 1.54) is 19.3 Å². The molecule has 0 aromatic heterocycles. The first kappa shape index (κ1) is 16.7. The first-order chi connectivity index (χ1) is 9.66. The average Bonchev–Trinajstić information content (AvgIpc) is 2.46. The van der Waals surface area contributed by atoms with E-state index in [-0.39, 0.29) is 0 Å². The monoisotopic (exact) mass is 281 g/mol. The minimum absolute atomic E-state index is 0.384. The fourth-order valence-electron chi connectivity index (χ4n) is 2.49. The molecule has 1 aliphatic rings. The highest BCUT2D eigenvalue weighted by molar-refractivity contribution is 5.82. The largest absolute Gasteiger partial charge is 0.550 e. The van der Waals surface area contributed by atoms with Crippen molar-refractivity contribution in [2.24, 2.45) is 11.8 Å². The van der Waals surface area contributed by atoms with Crippen molar-refractivity contribution in [2.45, 2.75) is 58.3 Å². The zero-order chi connectivity index (χ0) is 14.8. The molecule has 0 fully saturated rings. The van der Waals surface area contributed by atoms with E-state index in [0.717, 1.165) is 19.3 Å². The molecule has 0 aromatic rings. The number of carboxylic acid groups (broad SMARTS) is 1. The SMILES string of the molecule is CCCCCCCCOC(=O)C1C=CCCC1C(=O)[O-]. The maximum Gasteiger partial charge on any atom is 0.313 e. The van der Waals surface area contributed by atoms with Crippen LogP contribution in [0.15, 0.2) is 12.2 Å². The van der Waals surface area contributed by atoms with Crippen molar-refractivity contribution >= 4 is 11.9 Å². The summed E-state index contributed by atoms with van der Waals surface area (Å²) in [7, 11) is 0. The number of carboxylic acids is 1. The molecule has 2 atom stereocenters. The maximum atomic E-state index is 11.9. The molecule has 4 nitrogen and oxygen atoms in total. The lowest BCUT2D eigenvalue weighted by atomic mass is 9.84. The smallest absolute Gasteiger partial charge is 0.313 e. The van der Waals surface area contributed by atoms with E-state index in [1.807, 2.05) is 6.08 Å². The molecule has 0 radical (unpaired) electrons. The Morgan fingerprint density at radius 1 is 1.20 bits per heavy atom. The highest BCUT2D eigenvalue weighted by Gasteiger charge is 2.29. The van der Waals surface area contributed by atoms with E-state index >= 15 is 0 Å². The zero-order valence-corrected chi connectivity index (χ0v) is 12.3. The van der Waals surface area contributed by atoms with Crippen LogP contribution in [0, 0.1) is 11.8 Å². The number of carbonyl (C=O) groups is 2. The van der Waals surface area contributed by atoms with E-state index in [0.29, 0.717) is 19.4 Å². The molecule has 1 aliphatic carbocycles. The molecule has 0 aliphatic heterocycles. The second-order valence-corrected chi connectivity index (χ2v) is 5.39. The van der Waals surface area contributed by atoms with Gasteiger partial charge < -0.3 is 14.6 Å². The Labute approximate surface area is 121 Å². The molecule has 0 aromatic carbocycles. The second-order valence-electron chi connectivity index (χ2n) is 5.39. The van der Waals surface area contributed by atoms with Gasteiger partial charge in [0.2, 0.25) is 0 Å². The van der Waals surface area contributed by atoms with Crippen LogP contribution in [0.4, 0.5) is 0 Å². The van der Waals surface area contributed by atoms with Crippen molar-refractivity contribution in [1.82, 2.24) is 0 Å². The topological polar surface area (TPSA) is 66.4 Å². The van der Waals surface area contributed by atoms with Gasteiger partial charge in [0.05, 0.1) is 12.5 Å². The van der Waals surface area contributed by atoms with Gasteiger partial charge in [-0.05, 0) is 19.3 Å². The predicted octanol–water partition coefficient (Wildman–Crippen LogP) is 2.22. The Morgan fingerprint density at radius 2 is 1.90 bits per heavy atom. The van der Waals surface area contributed by atoms with E-state index in [1.54, 1.807) is 6.08 Å². The van der Waals surface area contributed by atoms with Gasteiger partial charge in [0.15, 0.2) is 0 Å². The van der Waals surface area contributed by atoms with Gasteiger partial charge in [-0.1, -0.05) is 51.2 Å². The Morgan fingerprint density at radius 3 is 2.60 bits per heavy atom. The lowest BCUT2D eigenvalue weighted by molar-refractivity contribution is -0.313. The summed E-state index contributed by atoms with van der Waals surface area (Å²) in [4.78, 5) is 22.9. The molecule has 1 rings (SSSR count). The van der Waals surface area contributed by atoms with Crippen LogP contribution in [0.3, 0.4) is 0 Å². The molecule has 0 bridgehead atoms. The predicted molar refractivity (Wildman–Crippen MR) is 74.7 cm³/mol. The zero-order valence-electron chi connectivity index (χ0n) is 12.3. The second kappa shape index (κ2) is 9.56. The van der Waals surface area contributed by atoms with Crippen molar-refractivity contribution in [2.75, 3.05) is 6.61 Å². The minimum Gasteiger partial charge on any atom is -0.550 e. The lowest BCUT2D eigenvalue weighted by Crippen LogP contribution is -2.40. The molecular formula is C16H25O4-. The Hall–Kier alpha value is -1.32. The molecule has 0 heterocycles. The molecule has 114 valence electrons. The van der Waals surface area contributed by atoms with Crippen LogP contribution in [0.1, 0.15) is 58.3 Å². The molecule has 0 amide bonds. The summed E-state index contributed by atoms with van der Waals surface area (Å²) in [5, 5.41) is 11.0. The summed E-state index contributed by atoms with van der Waals surface area (Å²) in [6.45, 7) is 2.56. The quantitative estimate of drug-likeness (QED) is 0.369. The molecule has 2 unspecified atom stereocenters. The average molecular weight is 281 g/mol. The molecule has 0 spiro atoms. The highest BCUT2D eigenvalue weighted by Crippen LogP contribution is 2.25. The summed E-state index contributed by atoms with van der Waals surface area (Å²) in [5.41, 5.74) is 0. The van der Waals surface area contributed by atoms with Crippen molar-refractivity contribution in [1.29, 1.82) is 0 Å². The number of carbonyl (C=O) groups excluding carboxylic acids is 2. The summed E-state index contributed by atoms with van der Waals surface area (Å²) < 4.78 is 5.19. The Bertz CT molecular complexity index is 335. The molecule has 4 heteroatoms. The number of hydrogen-bond acceptors (Lipinski definition) is 4. The normalized spacial score (nSPS) is 21.6. The van der Waals surface area contributed by atoms with Crippen LogP contribution in [0.5, 0.6) is 0 Å². The van der Waals surface area contributed by atoms with Gasteiger partial charge >= 0.3 is 5.97 Å². The minimum atomic E-state index is -1.16. The number of unbranched alkanes of at least 4 members (excludes halogenated alkanes) is 5. The van der Waals surface area contributed by atoms with Crippen LogP contribution in [-0.4, -0.2) is 18.5 Å². The first-order valence-electron chi connectivity index (χ1n) is 7.71. The third-order valence-electron chi connectivity index (χ3n) is 3.74. The Kier molecular flexibility index (Phi) is 8.00. The van der Waals surface area contributed by atoms with Crippen molar-refractivity contribution in [3.8, 4) is 0 Å². The van der Waals surface area contributed by atoms with E-state index in [4.69, 9.17) is 4.74 Å². The molecule has 0 N–H and O–H groups in total. The fourth-order valence-corrected chi connectivity index (χ4v) is 2.49. The van der Waals surface area contributed by atoms with Crippen LogP contribution < -0.4 is 5.11 Å².